The molecule has 24 heavy (non-hydrogen) atoms. The second-order valence-electron chi connectivity index (χ2n) is 5.73. The van der Waals surface area contributed by atoms with E-state index in [-0.39, 0.29) is 11.7 Å². The molecule has 0 aliphatic carbocycles. The number of anilines is 1. The number of ether oxygens (including phenoxy) is 1. The van der Waals surface area contributed by atoms with E-state index in [2.05, 4.69) is 5.32 Å². The van der Waals surface area contributed by atoms with Crippen molar-refractivity contribution in [1.29, 1.82) is 0 Å². The zero-order valence-corrected chi connectivity index (χ0v) is 15.2. The van der Waals surface area contributed by atoms with E-state index in [1.165, 1.54) is 0 Å². The van der Waals surface area contributed by atoms with Crippen molar-refractivity contribution in [3.05, 3.63) is 57.1 Å². The molecule has 0 aliphatic rings. The summed E-state index contributed by atoms with van der Waals surface area (Å²) in [6.45, 7) is 6.15. The molecule has 0 saturated carbocycles. The number of rotatable bonds is 6. The number of hydrogen-bond donors (Lipinski definition) is 2. The lowest BCUT2D eigenvalue weighted by Crippen LogP contribution is -2.10. The first-order chi connectivity index (χ1) is 11.3. The van der Waals surface area contributed by atoms with Crippen LogP contribution in [-0.4, -0.2) is 17.2 Å². The van der Waals surface area contributed by atoms with Crippen molar-refractivity contribution in [3.63, 3.8) is 0 Å². The first-order valence-corrected chi connectivity index (χ1v) is 8.26. The SMILES string of the molecule is Cc1ccc(C(=O)O)cc1NCc1cc(Cl)cc(Cl)c1OC(C)C. The van der Waals surface area contributed by atoms with Gasteiger partial charge < -0.3 is 15.2 Å². The number of carbonyl (C=O) groups is 1. The van der Waals surface area contributed by atoms with Gasteiger partial charge in [-0.05, 0) is 50.6 Å². The van der Waals surface area contributed by atoms with E-state index in [0.717, 1.165) is 16.8 Å². The monoisotopic (exact) mass is 367 g/mol. The largest absolute Gasteiger partial charge is 0.489 e. The Morgan fingerprint density at radius 3 is 2.58 bits per heavy atom. The lowest BCUT2D eigenvalue weighted by molar-refractivity contribution is 0.0697. The Morgan fingerprint density at radius 2 is 1.96 bits per heavy atom. The number of aromatic carboxylic acids is 1. The third-order valence-corrected chi connectivity index (χ3v) is 3.89. The highest BCUT2D eigenvalue weighted by atomic mass is 35.5. The lowest BCUT2D eigenvalue weighted by Gasteiger charge is -2.18. The standard InChI is InChI=1S/C18H19Cl2NO3/c1-10(2)24-17-13(6-14(19)8-15(17)20)9-21-16-7-12(18(22)23)5-4-11(16)3/h4-8,10,21H,9H2,1-3H3,(H,22,23). The van der Waals surface area contributed by atoms with Crippen LogP contribution in [0.3, 0.4) is 0 Å². The Bertz CT molecular complexity index is 760. The van der Waals surface area contributed by atoms with Gasteiger partial charge in [0.2, 0.25) is 0 Å². The van der Waals surface area contributed by atoms with Crippen molar-refractivity contribution in [1.82, 2.24) is 0 Å². The molecule has 128 valence electrons. The molecule has 4 nitrogen and oxygen atoms in total. The van der Waals surface area contributed by atoms with Crippen LogP contribution in [0, 0.1) is 6.92 Å². The van der Waals surface area contributed by atoms with Crippen molar-refractivity contribution >= 4 is 34.9 Å². The highest BCUT2D eigenvalue weighted by Gasteiger charge is 2.13. The maximum atomic E-state index is 11.1. The molecule has 0 aromatic heterocycles. The van der Waals surface area contributed by atoms with E-state index in [4.69, 9.17) is 33.0 Å². The fourth-order valence-corrected chi connectivity index (χ4v) is 2.83. The minimum Gasteiger partial charge on any atom is -0.489 e. The van der Waals surface area contributed by atoms with Crippen LogP contribution in [0.5, 0.6) is 5.75 Å². The second-order valence-corrected chi connectivity index (χ2v) is 6.57. The van der Waals surface area contributed by atoms with E-state index in [9.17, 15) is 4.79 Å². The van der Waals surface area contributed by atoms with Gasteiger partial charge in [-0.25, -0.2) is 4.79 Å². The molecule has 6 heteroatoms. The molecule has 0 unspecified atom stereocenters. The van der Waals surface area contributed by atoms with Gasteiger partial charge in [0.1, 0.15) is 5.75 Å². The van der Waals surface area contributed by atoms with E-state index < -0.39 is 5.97 Å². The zero-order valence-electron chi connectivity index (χ0n) is 13.7. The van der Waals surface area contributed by atoms with Crippen LogP contribution >= 0.6 is 23.2 Å². The zero-order chi connectivity index (χ0) is 17.9. The van der Waals surface area contributed by atoms with Crippen molar-refractivity contribution in [3.8, 4) is 5.75 Å². The van der Waals surface area contributed by atoms with Crippen molar-refractivity contribution in [2.45, 2.75) is 33.4 Å². The number of hydrogen-bond acceptors (Lipinski definition) is 3. The molecular formula is C18H19Cl2NO3. The Labute approximate surface area is 151 Å². The maximum Gasteiger partial charge on any atom is 0.335 e. The summed E-state index contributed by atoms with van der Waals surface area (Å²) in [5, 5.41) is 13.3. The number of carboxylic acid groups (broad SMARTS) is 1. The van der Waals surface area contributed by atoms with Gasteiger partial charge in [-0.1, -0.05) is 29.3 Å². The highest BCUT2D eigenvalue weighted by Crippen LogP contribution is 2.34. The average molecular weight is 368 g/mol. The number of halogens is 2. The molecule has 2 rings (SSSR count). The summed E-state index contributed by atoms with van der Waals surface area (Å²) in [6, 6.07) is 8.37. The van der Waals surface area contributed by atoms with E-state index in [1.807, 2.05) is 20.8 Å². The van der Waals surface area contributed by atoms with Crippen molar-refractivity contribution < 1.29 is 14.6 Å². The van der Waals surface area contributed by atoms with Crippen LogP contribution in [0.15, 0.2) is 30.3 Å². The minimum absolute atomic E-state index is 0.0282. The molecular weight excluding hydrogens is 349 g/mol. The average Bonchev–Trinajstić information content (AvgIpc) is 2.49. The molecule has 2 aromatic rings. The molecule has 0 atom stereocenters. The Hall–Kier alpha value is -1.91. The van der Waals surface area contributed by atoms with Gasteiger partial charge in [-0.2, -0.15) is 0 Å². The fraction of sp³-hybridized carbons (Fsp3) is 0.278. The summed E-state index contributed by atoms with van der Waals surface area (Å²) >= 11 is 12.3. The van der Waals surface area contributed by atoms with Crippen molar-refractivity contribution in [2.24, 2.45) is 0 Å². The summed E-state index contributed by atoms with van der Waals surface area (Å²) in [5.74, 6) is -0.386. The summed E-state index contributed by atoms with van der Waals surface area (Å²) in [5.41, 5.74) is 2.72. The van der Waals surface area contributed by atoms with Gasteiger partial charge in [0.05, 0.1) is 16.7 Å². The Balaban J connectivity index is 2.29. The normalized spacial score (nSPS) is 10.8. The first kappa shape index (κ1) is 18.4. The summed E-state index contributed by atoms with van der Waals surface area (Å²) in [7, 11) is 0. The molecule has 2 N–H and O–H groups in total. The third-order valence-electron chi connectivity index (χ3n) is 3.39. The van der Waals surface area contributed by atoms with Crippen LogP contribution in [-0.2, 0) is 6.54 Å². The Kier molecular flexibility index (Phi) is 5.97. The van der Waals surface area contributed by atoms with Crippen LogP contribution < -0.4 is 10.1 Å². The molecule has 0 bridgehead atoms. The lowest BCUT2D eigenvalue weighted by atomic mass is 10.1. The van der Waals surface area contributed by atoms with Crippen LogP contribution in [0.1, 0.15) is 35.3 Å². The maximum absolute atomic E-state index is 11.1. The van der Waals surface area contributed by atoms with E-state index in [1.54, 1.807) is 30.3 Å². The molecule has 0 fully saturated rings. The first-order valence-electron chi connectivity index (χ1n) is 7.50. The van der Waals surface area contributed by atoms with Gasteiger partial charge in [0.25, 0.3) is 0 Å². The smallest absolute Gasteiger partial charge is 0.335 e. The van der Waals surface area contributed by atoms with Gasteiger partial charge in [-0.15, -0.1) is 0 Å². The van der Waals surface area contributed by atoms with E-state index >= 15 is 0 Å². The van der Waals surface area contributed by atoms with Gasteiger partial charge in [-0.3, -0.25) is 0 Å². The highest BCUT2D eigenvalue weighted by molar-refractivity contribution is 6.35. The number of benzene rings is 2. The van der Waals surface area contributed by atoms with Crippen LogP contribution in [0.4, 0.5) is 5.69 Å². The fourth-order valence-electron chi connectivity index (χ4n) is 2.25. The molecule has 0 aliphatic heterocycles. The Morgan fingerprint density at radius 1 is 1.25 bits per heavy atom. The van der Waals surface area contributed by atoms with Gasteiger partial charge >= 0.3 is 5.97 Å². The van der Waals surface area contributed by atoms with Gasteiger partial charge in [0.15, 0.2) is 0 Å². The second kappa shape index (κ2) is 7.77. The third kappa shape index (κ3) is 4.56. The minimum atomic E-state index is -0.965. The molecule has 0 radical (unpaired) electrons. The number of aryl methyl sites for hydroxylation is 1. The van der Waals surface area contributed by atoms with E-state index in [0.29, 0.717) is 22.3 Å². The van der Waals surface area contributed by atoms with Crippen LogP contribution in [0.25, 0.3) is 0 Å². The molecule has 0 saturated heterocycles. The molecule has 2 aromatic carbocycles. The van der Waals surface area contributed by atoms with Gasteiger partial charge in [0, 0.05) is 22.8 Å². The summed E-state index contributed by atoms with van der Waals surface area (Å²) < 4.78 is 5.79. The predicted molar refractivity (Wildman–Crippen MR) is 97.7 cm³/mol. The van der Waals surface area contributed by atoms with Crippen LogP contribution in [0.2, 0.25) is 10.0 Å². The topological polar surface area (TPSA) is 58.6 Å². The molecule has 0 spiro atoms. The summed E-state index contributed by atoms with van der Waals surface area (Å²) in [4.78, 5) is 11.1. The quantitative estimate of drug-likeness (QED) is 0.717. The number of nitrogens with one attached hydrogen (secondary N) is 1. The molecule has 0 heterocycles. The summed E-state index contributed by atoms with van der Waals surface area (Å²) in [6.07, 6.45) is -0.0282. The van der Waals surface area contributed by atoms with Crippen molar-refractivity contribution in [2.75, 3.05) is 5.32 Å². The number of carboxylic acids is 1. The predicted octanol–water partition coefficient (Wildman–Crippen LogP) is 5.40. The molecule has 0 amide bonds.